The van der Waals surface area contributed by atoms with Crippen molar-refractivity contribution in [2.24, 2.45) is 10.9 Å². The molecule has 31 heavy (non-hydrogen) atoms. The second kappa shape index (κ2) is 12.9. The van der Waals surface area contributed by atoms with Crippen molar-refractivity contribution >= 4 is 35.9 Å². The molecule has 1 aromatic rings. The first-order valence-corrected chi connectivity index (χ1v) is 9.83. The zero-order valence-electron chi connectivity index (χ0n) is 17.5. The SMILES string of the molecule is CCNC(=NCC(O)COc1cccc(C(F)(F)F)c1)N1CCC(C(=O)OC)CC1.I. The number of hydrogen-bond acceptors (Lipinski definition) is 5. The molecule has 0 radical (unpaired) electrons. The van der Waals surface area contributed by atoms with Crippen molar-refractivity contribution < 1.29 is 32.5 Å². The van der Waals surface area contributed by atoms with Crippen LogP contribution in [0.15, 0.2) is 29.3 Å². The lowest BCUT2D eigenvalue weighted by molar-refractivity contribution is -0.146. The molecule has 0 spiro atoms. The van der Waals surface area contributed by atoms with Gasteiger partial charge in [-0.25, -0.2) is 0 Å². The van der Waals surface area contributed by atoms with Gasteiger partial charge in [0.1, 0.15) is 18.5 Å². The Morgan fingerprint density at radius 1 is 1.35 bits per heavy atom. The number of guanidine groups is 1. The minimum Gasteiger partial charge on any atom is -0.491 e. The van der Waals surface area contributed by atoms with E-state index in [1.54, 1.807) is 0 Å². The highest BCUT2D eigenvalue weighted by molar-refractivity contribution is 14.0. The van der Waals surface area contributed by atoms with Crippen molar-refractivity contribution in [2.45, 2.75) is 32.0 Å². The van der Waals surface area contributed by atoms with Gasteiger partial charge in [-0.2, -0.15) is 13.2 Å². The first kappa shape index (κ1) is 27.3. The van der Waals surface area contributed by atoms with Crippen LogP contribution >= 0.6 is 24.0 Å². The second-order valence-corrected chi connectivity index (χ2v) is 6.97. The van der Waals surface area contributed by atoms with E-state index in [1.165, 1.54) is 19.2 Å². The molecule has 1 aliphatic heterocycles. The summed E-state index contributed by atoms with van der Waals surface area (Å²) >= 11 is 0. The second-order valence-electron chi connectivity index (χ2n) is 6.97. The molecular weight excluding hydrogens is 530 g/mol. The number of benzene rings is 1. The number of hydrogen-bond donors (Lipinski definition) is 2. The lowest BCUT2D eigenvalue weighted by Crippen LogP contribution is -2.47. The largest absolute Gasteiger partial charge is 0.491 e. The summed E-state index contributed by atoms with van der Waals surface area (Å²) in [5.41, 5.74) is -0.808. The average molecular weight is 559 g/mol. The zero-order chi connectivity index (χ0) is 22.1. The van der Waals surface area contributed by atoms with Gasteiger partial charge in [0.05, 0.1) is 25.1 Å². The molecule has 1 aromatic carbocycles. The van der Waals surface area contributed by atoms with Gasteiger partial charge in [-0.3, -0.25) is 9.79 Å². The van der Waals surface area contributed by atoms with Crippen molar-refractivity contribution in [3.05, 3.63) is 29.8 Å². The number of carbonyl (C=O) groups excluding carboxylic acids is 1. The number of rotatable bonds is 7. The maximum Gasteiger partial charge on any atom is 0.416 e. The van der Waals surface area contributed by atoms with Gasteiger partial charge in [0.25, 0.3) is 0 Å². The first-order valence-electron chi connectivity index (χ1n) is 9.83. The number of nitrogens with one attached hydrogen (secondary N) is 1. The van der Waals surface area contributed by atoms with Crippen molar-refractivity contribution in [1.29, 1.82) is 0 Å². The van der Waals surface area contributed by atoms with E-state index in [4.69, 9.17) is 9.47 Å². The Morgan fingerprint density at radius 3 is 2.61 bits per heavy atom. The Bertz CT molecular complexity index is 726. The number of aliphatic hydroxyl groups is 1. The fourth-order valence-corrected chi connectivity index (χ4v) is 3.12. The van der Waals surface area contributed by atoms with Gasteiger partial charge in [-0.15, -0.1) is 24.0 Å². The number of nitrogens with zero attached hydrogens (tertiary/aromatic N) is 2. The minimum absolute atomic E-state index is 0. The number of ether oxygens (including phenoxy) is 2. The molecule has 1 unspecified atom stereocenters. The van der Waals surface area contributed by atoms with E-state index in [1.807, 2.05) is 11.8 Å². The molecule has 1 aliphatic rings. The van der Waals surface area contributed by atoms with Crippen LogP contribution in [0, 0.1) is 5.92 Å². The molecule has 7 nitrogen and oxygen atoms in total. The Labute approximate surface area is 197 Å². The number of halogens is 4. The number of likely N-dealkylation sites (tertiary alicyclic amines) is 1. The number of esters is 1. The Hall–Kier alpha value is -1.76. The van der Waals surface area contributed by atoms with Crippen LogP contribution in [0.25, 0.3) is 0 Å². The standard InChI is InChI=1S/C20H28F3N3O4.HI/c1-3-24-19(26-9-7-14(8-10-26)18(28)29-2)25-12-16(27)13-30-17-6-4-5-15(11-17)20(21,22)23;/h4-6,11,14,16,27H,3,7-10,12-13H2,1-2H3,(H,24,25);1H. The van der Waals surface area contributed by atoms with Gasteiger partial charge in [-0.1, -0.05) is 6.07 Å². The maximum atomic E-state index is 12.8. The molecule has 0 saturated carbocycles. The van der Waals surface area contributed by atoms with Gasteiger partial charge in [0.2, 0.25) is 0 Å². The molecule has 176 valence electrons. The smallest absolute Gasteiger partial charge is 0.416 e. The summed E-state index contributed by atoms with van der Waals surface area (Å²) in [6.45, 7) is 3.65. The van der Waals surface area contributed by atoms with E-state index in [0.29, 0.717) is 38.4 Å². The van der Waals surface area contributed by atoms with Crippen LogP contribution in [0.2, 0.25) is 0 Å². The summed E-state index contributed by atoms with van der Waals surface area (Å²) in [7, 11) is 1.38. The molecule has 2 rings (SSSR count). The fraction of sp³-hybridized carbons (Fsp3) is 0.600. The summed E-state index contributed by atoms with van der Waals surface area (Å²) in [6.07, 6.45) is -4.14. The quantitative estimate of drug-likeness (QED) is 0.232. The van der Waals surface area contributed by atoms with Crippen LogP contribution in [-0.2, 0) is 15.7 Å². The molecule has 2 N–H and O–H groups in total. The number of carbonyl (C=O) groups is 1. The van der Waals surface area contributed by atoms with E-state index in [0.717, 1.165) is 12.1 Å². The summed E-state index contributed by atoms with van der Waals surface area (Å²) in [5.74, 6) is 0.308. The summed E-state index contributed by atoms with van der Waals surface area (Å²) in [5, 5.41) is 13.3. The fourth-order valence-electron chi connectivity index (χ4n) is 3.12. The monoisotopic (exact) mass is 559 g/mol. The topological polar surface area (TPSA) is 83.4 Å². The molecule has 0 aromatic heterocycles. The van der Waals surface area contributed by atoms with Crippen LogP contribution in [-0.4, -0.2) is 67.9 Å². The molecule has 0 amide bonds. The van der Waals surface area contributed by atoms with Gasteiger partial charge < -0.3 is 24.8 Å². The molecule has 11 heteroatoms. The minimum atomic E-state index is -4.45. The predicted molar refractivity (Wildman–Crippen MR) is 121 cm³/mol. The lowest BCUT2D eigenvalue weighted by atomic mass is 9.97. The van der Waals surface area contributed by atoms with Crippen LogP contribution in [0.1, 0.15) is 25.3 Å². The first-order chi connectivity index (χ1) is 14.2. The van der Waals surface area contributed by atoms with E-state index in [2.05, 4.69) is 10.3 Å². The maximum absolute atomic E-state index is 12.8. The lowest BCUT2D eigenvalue weighted by Gasteiger charge is -2.33. The van der Waals surface area contributed by atoms with Crippen molar-refractivity contribution in [2.75, 3.05) is 39.9 Å². The van der Waals surface area contributed by atoms with E-state index >= 15 is 0 Å². The third kappa shape index (κ3) is 8.71. The molecular formula is C20H29F3IN3O4. The van der Waals surface area contributed by atoms with Gasteiger partial charge in [0, 0.05) is 19.6 Å². The van der Waals surface area contributed by atoms with Gasteiger partial charge >= 0.3 is 12.1 Å². The van der Waals surface area contributed by atoms with Crippen molar-refractivity contribution in [3.63, 3.8) is 0 Å². The van der Waals surface area contributed by atoms with Crippen molar-refractivity contribution in [3.8, 4) is 5.75 Å². The number of alkyl halides is 3. The molecule has 1 saturated heterocycles. The molecule has 1 fully saturated rings. The van der Waals surface area contributed by atoms with Gasteiger partial charge in [-0.05, 0) is 38.0 Å². The Kier molecular flexibility index (Phi) is 11.4. The number of aliphatic imine (C=N–C) groups is 1. The van der Waals surface area contributed by atoms with Crippen LogP contribution in [0.3, 0.4) is 0 Å². The zero-order valence-corrected chi connectivity index (χ0v) is 19.9. The highest BCUT2D eigenvalue weighted by Gasteiger charge is 2.30. The summed E-state index contributed by atoms with van der Waals surface area (Å²) in [4.78, 5) is 18.1. The third-order valence-electron chi connectivity index (χ3n) is 4.72. The van der Waals surface area contributed by atoms with Crippen LogP contribution in [0.4, 0.5) is 13.2 Å². The van der Waals surface area contributed by atoms with E-state index < -0.39 is 17.8 Å². The van der Waals surface area contributed by atoms with Crippen LogP contribution < -0.4 is 10.1 Å². The number of aliphatic hydroxyl groups excluding tert-OH is 1. The summed E-state index contributed by atoms with van der Waals surface area (Å²) in [6, 6.07) is 4.51. The predicted octanol–water partition coefficient (Wildman–Crippen LogP) is 2.91. The van der Waals surface area contributed by atoms with Gasteiger partial charge in [0.15, 0.2) is 5.96 Å². The molecule has 0 aliphatic carbocycles. The molecule has 1 heterocycles. The Morgan fingerprint density at radius 2 is 2.03 bits per heavy atom. The van der Waals surface area contributed by atoms with Crippen LogP contribution in [0.5, 0.6) is 5.75 Å². The molecule has 0 bridgehead atoms. The normalized spacial score (nSPS) is 16.3. The third-order valence-corrected chi connectivity index (χ3v) is 4.72. The summed E-state index contributed by atoms with van der Waals surface area (Å²) < 4.78 is 48.3. The number of methoxy groups -OCH3 is 1. The highest BCUT2D eigenvalue weighted by Crippen LogP contribution is 2.31. The Balaban J connectivity index is 0.00000480. The average Bonchev–Trinajstić information content (AvgIpc) is 2.74. The highest BCUT2D eigenvalue weighted by atomic mass is 127. The van der Waals surface area contributed by atoms with E-state index in [9.17, 15) is 23.1 Å². The van der Waals surface area contributed by atoms with E-state index in [-0.39, 0.29) is 54.8 Å². The molecule has 1 atom stereocenters. The number of piperidine rings is 1. The van der Waals surface area contributed by atoms with Crippen molar-refractivity contribution in [1.82, 2.24) is 10.2 Å².